The van der Waals surface area contributed by atoms with E-state index in [-0.39, 0.29) is 6.61 Å². The first-order chi connectivity index (χ1) is 15.6. The van der Waals surface area contributed by atoms with E-state index < -0.39 is 24.2 Å². The fourth-order valence-electron chi connectivity index (χ4n) is 3.88. The van der Waals surface area contributed by atoms with E-state index in [1.165, 1.54) is 17.7 Å². The Bertz CT molecular complexity index is 1130. The fraction of sp³-hybridized carbons (Fsp3) is 0.350. The Labute approximate surface area is 187 Å². The van der Waals surface area contributed by atoms with Gasteiger partial charge in [0.2, 0.25) is 5.96 Å². The molecule has 0 radical (unpaired) electrons. The minimum absolute atomic E-state index is 0.192. The maximum Gasteiger partial charge on any atom is 0.201 e. The Morgan fingerprint density at radius 3 is 2.72 bits per heavy atom. The molecule has 0 spiro atoms. The molecule has 0 unspecified atom stereocenters. The van der Waals surface area contributed by atoms with Crippen LogP contribution in [0.4, 0.5) is 5.69 Å². The van der Waals surface area contributed by atoms with Gasteiger partial charge in [0, 0.05) is 30.5 Å². The zero-order valence-electron chi connectivity index (χ0n) is 16.9. The second-order valence-electron chi connectivity index (χ2n) is 7.67. The Kier molecular flexibility index (Phi) is 5.66. The topological polar surface area (TPSA) is 161 Å². The number of nitrogens with zero attached hydrogens (tertiary/aromatic N) is 5. The van der Waals surface area contributed by atoms with Crippen molar-refractivity contribution in [1.29, 1.82) is 0 Å². The first-order valence-electron chi connectivity index (χ1n) is 10.1. The fourth-order valence-corrected chi connectivity index (χ4v) is 4.86. The number of hydrogen-bond acceptors (Lipinski definition) is 12. The number of pyridine rings is 1. The molecule has 0 aromatic carbocycles. The summed E-state index contributed by atoms with van der Waals surface area (Å²) in [5.74, 6) is 0.721. The molecule has 4 heterocycles. The number of rotatable bonds is 5. The minimum Gasteiger partial charge on any atom is -0.396 e. The van der Waals surface area contributed by atoms with Crippen LogP contribution in [0.25, 0.3) is 15.8 Å². The molecule has 5 rings (SSSR count). The van der Waals surface area contributed by atoms with Gasteiger partial charge in [-0.15, -0.1) is 11.3 Å². The van der Waals surface area contributed by atoms with Gasteiger partial charge in [-0.05, 0) is 12.5 Å². The summed E-state index contributed by atoms with van der Waals surface area (Å²) in [7, 11) is 0. The number of aliphatic imine (C=N–C) groups is 1. The van der Waals surface area contributed by atoms with Gasteiger partial charge < -0.3 is 31.3 Å². The molecule has 3 aromatic heterocycles. The van der Waals surface area contributed by atoms with Crippen molar-refractivity contribution in [3.8, 4) is 0 Å². The third-order valence-electron chi connectivity index (χ3n) is 5.58. The summed E-state index contributed by atoms with van der Waals surface area (Å²) in [6, 6.07) is 1.41. The predicted octanol–water partition coefficient (Wildman–Crippen LogP) is -0.0866. The number of aromatic nitrogens is 4. The van der Waals surface area contributed by atoms with Crippen molar-refractivity contribution in [3.63, 3.8) is 0 Å². The van der Waals surface area contributed by atoms with Crippen molar-refractivity contribution in [3.05, 3.63) is 48.0 Å². The van der Waals surface area contributed by atoms with Gasteiger partial charge in [0.15, 0.2) is 0 Å². The van der Waals surface area contributed by atoms with Gasteiger partial charge in [0.05, 0.1) is 47.0 Å². The number of aliphatic hydroxyl groups excluding tert-OH is 3. The van der Waals surface area contributed by atoms with Gasteiger partial charge in [0.25, 0.3) is 0 Å². The molecule has 2 aliphatic rings. The maximum atomic E-state index is 10.5. The van der Waals surface area contributed by atoms with Gasteiger partial charge in [-0.2, -0.15) is 0 Å². The first kappa shape index (κ1) is 20.7. The zero-order chi connectivity index (χ0) is 22.1. The average Bonchev–Trinajstić information content (AvgIpc) is 3.36. The third-order valence-corrected chi connectivity index (χ3v) is 6.64. The van der Waals surface area contributed by atoms with Gasteiger partial charge in [0.1, 0.15) is 23.3 Å². The van der Waals surface area contributed by atoms with Gasteiger partial charge >= 0.3 is 0 Å². The monoisotopic (exact) mass is 454 g/mol. The molecule has 166 valence electrons. The summed E-state index contributed by atoms with van der Waals surface area (Å²) >= 11 is 1.50. The molecule has 6 N–H and O–H groups in total. The first-order valence-corrected chi connectivity index (χ1v) is 10.9. The molecule has 1 fully saturated rings. The van der Waals surface area contributed by atoms with Crippen LogP contribution in [0.3, 0.4) is 0 Å². The van der Waals surface area contributed by atoms with Crippen LogP contribution in [-0.4, -0.2) is 72.6 Å². The molecule has 1 saturated carbocycles. The number of fused-ring (bicyclic) bond motifs is 1. The lowest BCUT2D eigenvalue weighted by Gasteiger charge is -2.27. The van der Waals surface area contributed by atoms with Crippen LogP contribution in [0.15, 0.2) is 48.0 Å². The standard InChI is InChI=1S/C20H22N8O3S/c29-8-10-3-14(17(31)16(10)30)26-18-12(19-27-13-1-2-21-7-15(13)32-19)6-24-20(28-18)25-11-4-22-9-23-5-11/h1-2,4-5,7,9-10,14,16-17,26,29-31H,3,6,8H2,(H2,24,25,28)/t10-,14-,16-,17+/m1/s1. The minimum atomic E-state index is -1.01. The predicted molar refractivity (Wildman–Crippen MR) is 120 cm³/mol. The van der Waals surface area contributed by atoms with Crippen LogP contribution in [0.1, 0.15) is 11.4 Å². The third kappa shape index (κ3) is 4.00. The average molecular weight is 455 g/mol. The quantitative estimate of drug-likeness (QED) is 0.307. The molecule has 0 bridgehead atoms. The van der Waals surface area contributed by atoms with Gasteiger partial charge in [-0.25, -0.2) is 19.9 Å². The number of aliphatic hydroxyl groups is 3. The van der Waals surface area contributed by atoms with E-state index in [1.807, 2.05) is 6.07 Å². The molecule has 0 amide bonds. The second kappa shape index (κ2) is 8.74. The van der Waals surface area contributed by atoms with Gasteiger partial charge in [-0.3, -0.25) is 4.98 Å². The molecule has 1 aliphatic heterocycles. The summed E-state index contributed by atoms with van der Waals surface area (Å²) in [6.07, 6.45) is 6.60. The Morgan fingerprint density at radius 2 is 1.97 bits per heavy atom. The van der Waals surface area contributed by atoms with Crippen LogP contribution in [-0.2, 0) is 0 Å². The highest BCUT2D eigenvalue weighted by atomic mass is 32.1. The SMILES string of the molecule is OC[C@H]1C[C@@H](NC2=C(c3nc4ccncc4s3)CN=C(Nc3cncnc3)N2)[C@H](O)[C@@H]1O. The summed E-state index contributed by atoms with van der Waals surface area (Å²) in [5, 5.41) is 40.7. The normalized spacial score (nSPS) is 25.5. The summed E-state index contributed by atoms with van der Waals surface area (Å²) in [4.78, 5) is 21.4. The molecule has 11 nitrogen and oxygen atoms in total. The van der Waals surface area contributed by atoms with E-state index in [2.05, 4.69) is 35.9 Å². The van der Waals surface area contributed by atoms with E-state index in [1.54, 1.807) is 24.8 Å². The van der Waals surface area contributed by atoms with Crippen molar-refractivity contribution in [2.24, 2.45) is 10.9 Å². The van der Waals surface area contributed by atoms with Crippen molar-refractivity contribution >= 4 is 38.8 Å². The zero-order valence-corrected chi connectivity index (χ0v) is 17.7. The van der Waals surface area contributed by atoms with E-state index in [0.29, 0.717) is 30.4 Å². The van der Waals surface area contributed by atoms with Crippen LogP contribution in [0.5, 0.6) is 0 Å². The molecule has 3 aromatic rings. The van der Waals surface area contributed by atoms with Crippen molar-refractivity contribution in [2.45, 2.75) is 24.7 Å². The Balaban J connectivity index is 1.45. The Hall–Kier alpha value is -3.19. The molecular formula is C20H22N8O3S. The van der Waals surface area contributed by atoms with Gasteiger partial charge in [-0.1, -0.05) is 0 Å². The molecular weight excluding hydrogens is 432 g/mol. The highest BCUT2D eigenvalue weighted by Crippen LogP contribution is 2.31. The molecule has 0 saturated heterocycles. The smallest absolute Gasteiger partial charge is 0.201 e. The maximum absolute atomic E-state index is 10.5. The molecule has 32 heavy (non-hydrogen) atoms. The lowest BCUT2D eigenvalue weighted by atomic mass is 10.1. The lowest BCUT2D eigenvalue weighted by Crippen LogP contribution is -2.47. The highest BCUT2D eigenvalue weighted by molar-refractivity contribution is 7.19. The Morgan fingerprint density at radius 1 is 1.12 bits per heavy atom. The van der Waals surface area contributed by atoms with Crippen LogP contribution >= 0.6 is 11.3 Å². The summed E-state index contributed by atoms with van der Waals surface area (Å²) in [5.41, 5.74) is 2.34. The van der Waals surface area contributed by atoms with E-state index in [0.717, 1.165) is 20.8 Å². The van der Waals surface area contributed by atoms with Crippen molar-refractivity contribution < 1.29 is 15.3 Å². The number of guanidine groups is 1. The molecule has 4 atom stereocenters. The van der Waals surface area contributed by atoms with Crippen molar-refractivity contribution in [2.75, 3.05) is 18.5 Å². The second-order valence-corrected chi connectivity index (χ2v) is 8.70. The van der Waals surface area contributed by atoms with Crippen LogP contribution in [0.2, 0.25) is 0 Å². The van der Waals surface area contributed by atoms with Crippen molar-refractivity contribution in [1.82, 2.24) is 30.6 Å². The summed E-state index contributed by atoms with van der Waals surface area (Å²) in [6.45, 7) is 0.149. The van der Waals surface area contributed by atoms with E-state index >= 15 is 0 Å². The summed E-state index contributed by atoms with van der Waals surface area (Å²) < 4.78 is 0.959. The largest absolute Gasteiger partial charge is 0.396 e. The lowest BCUT2D eigenvalue weighted by molar-refractivity contribution is 0.000577. The number of hydrogen-bond donors (Lipinski definition) is 6. The highest BCUT2D eigenvalue weighted by Gasteiger charge is 2.41. The van der Waals surface area contributed by atoms with E-state index in [9.17, 15) is 15.3 Å². The molecule has 1 aliphatic carbocycles. The number of nitrogens with one attached hydrogen (secondary N) is 3. The molecule has 12 heteroatoms. The van der Waals surface area contributed by atoms with E-state index in [4.69, 9.17) is 4.98 Å². The number of anilines is 1. The number of thiazole rings is 1. The van der Waals surface area contributed by atoms with Crippen LogP contribution in [0, 0.1) is 5.92 Å². The van der Waals surface area contributed by atoms with Crippen LogP contribution < -0.4 is 16.0 Å².